The van der Waals surface area contributed by atoms with Gasteiger partial charge in [0.05, 0.1) is 0 Å². The van der Waals surface area contributed by atoms with Crippen molar-refractivity contribution < 1.29 is 17.6 Å². The number of nitrogens with two attached hydrogens (primary N) is 1. The van der Waals surface area contributed by atoms with Crippen molar-refractivity contribution in [1.82, 2.24) is 4.98 Å². The van der Waals surface area contributed by atoms with E-state index in [2.05, 4.69) is 4.98 Å². The van der Waals surface area contributed by atoms with Crippen LogP contribution in [0.25, 0.3) is 10.9 Å². The molecule has 0 aliphatic rings. The van der Waals surface area contributed by atoms with Crippen molar-refractivity contribution in [3.63, 3.8) is 0 Å². The molecule has 0 radical (unpaired) electrons. The number of aromatic amines is 1. The van der Waals surface area contributed by atoms with E-state index in [1.807, 2.05) is 0 Å². The van der Waals surface area contributed by atoms with E-state index in [1.165, 1.54) is 12.1 Å². The molecule has 0 fully saturated rings. The average molecular weight is 232 g/mol. The Morgan fingerprint density at radius 3 is 2.56 bits per heavy atom. The van der Waals surface area contributed by atoms with Gasteiger partial charge in [-0.2, -0.15) is 13.2 Å². The summed E-state index contributed by atoms with van der Waals surface area (Å²) >= 11 is 0. The number of rotatable bonds is 1. The fourth-order valence-electron chi connectivity index (χ4n) is 1.55. The summed E-state index contributed by atoms with van der Waals surface area (Å²) in [5.74, 6) is -0.595. The third-order valence-electron chi connectivity index (χ3n) is 2.36. The Kier molecular flexibility index (Phi) is 2.38. The standard InChI is InChI=1S/C10H8F4N2/c11-5-1-2-8-6(3-5)7(4-16-8)9(15)10(12,13)14/h1-4,9,16H,15H2/t9-/m1/s1. The first-order chi connectivity index (χ1) is 7.39. The van der Waals surface area contributed by atoms with Gasteiger partial charge < -0.3 is 10.7 Å². The molecule has 0 amide bonds. The van der Waals surface area contributed by atoms with Gasteiger partial charge in [0.1, 0.15) is 11.9 Å². The van der Waals surface area contributed by atoms with Crippen molar-refractivity contribution >= 4 is 10.9 Å². The lowest BCUT2D eigenvalue weighted by Crippen LogP contribution is -2.28. The zero-order valence-corrected chi connectivity index (χ0v) is 7.98. The maximum Gasteiger partial charge on any atom is 0.407 e. The highest BCUT2D eigenvalue weighted by atomic mass is 19.4. The van der Waals surface area contributed by atoms with E-state index in [-0.39, 0.29) is 10.9 Å². The van der Waals surface area contributed by atoms with E-state index in [9.17, 15) is 17.6 Å². The minimum Gasteiger partial charge on any atom is -0.361 e. The second kappa shape index (κ2) is 3.48. The lowest BCUT2D eigenvalue weighted by Gasteiger charge is -2.14. The van der Waals surface area contributed by atoms with Gasteiger partial charge in [0.25, 0.3) is 0 Å². The predicted molar refractivity (Wildman–Crippen MR) is 51.2 cm³/mol. The summed E-state index contributed by atoms with van der Waals surface area (Å²) in [6, 6.07) is 1.47. The highest BCUT2D eigenvalue weighted by Gasteiger charge is 2.39. The summed E-state index contributed by atoms with van der Waals surface area (Å²) in [5, 5.41) is 0.157. The Hall–Kier alpha value is -1.56. The van der Waals surface area contributed by atoms with Crippen molar-refractivity contribution in [1.29, 1.82) is 0 Å². The van der Waals surface area contributed by atoms with Crippen LogP contribution in [0.4, 0.5) is 17.6 Å². The highest BCUT2D eigenvalue weighted by molar-refractivity contribution is 5.83. The third kappa shape index (κ3) is 1.76. The van der Waals surface area contributed by atoms with Gasteiger partial charge in [-0.1, -0.05) is 0 Å². The number of aromatic nitrogens is 1. The number of H-pyrrole nitrogens is 1. The van der Waals surface area contributed by atoms with E-state index < -0.39 is 18.0 Å². The summed E-state index contributed by atoms with van der Waals surface area (Å²) in [7, 11) is 0. The zero-order valence-electron chi connectivity index (χ0n) is 7.98. The first-order valence-electron chi connectivity index (χ1n) is 4.48. The molecular weight excluding hydrogens is 224 g/mol. The van der Waals surface area contributed by atoms with Crippen molar-refractivity contribution in [3.8, 4) is 0 Å². The van der Waals surface area contributed by atoms with Gasteiger partial charge in [0.2, 0.25) is 0 Å². The SMILES string of the molecule is N[C@H](c1c[nH]c2ccc(F)cc12)C(F)(F)F. The molecule has 86 valence electrons. The third-order valence-corrected chi connectivity index (χ3v) is 2.36. The maximum absolute atomic E-state index is 12.9. The lowest BCUT2D eigenvalue weighted by molar-refractivity contribution is -0.148. The molecule has 0 saturated heterocycles. The average Bonchev–Trinajstić information content (AvgIpc) is 2.57. The second-order valence-electron chi connectivity index (χ2n) is 3.45. The van der Waals surface area contributed by atoms with Crippen LogP contribution in [0.1, 0.15) is 11.6 Å². The fraction of sp³-hybridized carbons (Fsp3) is 0.200. The Morgan fingerprint density at radius 1 is 1.25 bits per heavy atom. The van der Waals surface area contributed by atoms with Gasteiger partial charge in [-0.3, -0.25) is 0 Å². The Labute approximate surface area is 88.1 Å². The van der Waals surface area contributed by atoms with Gasteiger partial charge in [-0.05, 0) is 18.2 Å². The molecule has 1 heterocycles. The number of hydrogen-bond donors (Lipinski definition) is 2. The Balaban J connectivity index is 2.57. The van der Waals surface area contributed by atoms with E-state index in [0.717, 1.165) is 12.3 Å². The van der Waals surface area contributed by atoms with Crippen LogP contribution in [0, 0.1) is 5.82 Å². The fourth-order valence-corrected chi connectivity index (χ4v) is 1.55. The first kappa shape index (κ1) is 10.9. The van der Waals surface area contributed by atoms with Crippen molar-refractivity contribution in [2.75, 3.05) is 0 Å². The molecule has 1 aromatic heterocycles. The molecule has 2 aromatic rings. The van der Waals surface area contributed by atoms with Crippen molar-refractivity contribution in [2.24, 2.45) is 5.73 Å². The molecule has 0 saturated carbocycles. The summed E-state index contributed by atoms with van der Waals surface area (Å²) < 4.78 is 50.1. The molecule has 0 aliphatic heterocycles. The van der Waals surface area contributed by atoms with Crippen LogP contribution in [0.3, 0.4) is 0 Å². The van der Waals surface area contributed by atoms with Crippen LogP contribution in [0.5, 0.6) is 0 Å². The normalized spacial score (nSPS) is 14.3. The van der Waals surface area contributed by atoms with E-state index in [4.69, 9.17) is 5.73 Å². The quantitative estimate of drug-likeness (QED) is 0.729. The van der Waals surface area contributed by atoms with Gasteiger partial charge in [0.15, 0.2) is 0 Å². The minimum atomic E-state index is -4.54. The first-order valence-corrected chi connectivity index (χ1v) is 4.48. The van der Waals surface area contributed by atoms with Crippen LogP contribution in [-0.2, 0) is 0 Å². The van der Waals surface area contributed by atoms with Gasteiger partial charge in [-0.25, -0.2) is 4.39 Å². The summed E-state index contributed by atoms with van der Waals surface area (Å²) in [6.45, 7) is 0. The topological polar surface area (TPSA) is 41.8 Å². The maximum atomic E-state index is 12.9. The molecule has 3 N–H and O–H groups in total. The number of hydrogen-bond acceptors (Lipinski definition) is 1. The van der Waals surface area contributed by atoms with E-state index in [0.29, 0.717) is 5.52 Å². The minimum absolute atomic E-state index is 0.151. The van der Waals surface area contributed by atoms with Crippen LogP contribution < -0.4 is 5.73 Å². The molecule has 1 atom stereocenters. The summed E-state index contributed by atoms with van der Waals surface area (Å²) in [6.07, 6.45) is -3.39. The monoisotopic (exact) mass is 232 g/mol. The van der Waals surface area contributed by atoms with Crippen LogP contribution in [-0.4, -0.2) is 11.2 Å². The van der Waals surface area contributed by atoms with E-state index in [1.54, 1.807) is 0 Å². The molecule has 0 unspecified atom stereocenters. The number of fused-ring (bicyclic) bond motifs is 1. The summed E-state index contributed by atoms with van der Waals surface area (Å²) in [5.41, 5.74) is 5.34. The molecule has 0 bridgehead atoms. The molecule has 0 aliphatic carbocycles. The molecule has 2 rings (SSSR count). The zero-order chi connectivity index (χ0) is 11.9. The number of benzene rings is 1. The van der Waals surface area contributed by atoms with Gasteiger partial charge in [-0.15, -0.1) is 0 Å². The number of halogens is 4. The van der Waals surface area contributed by atoms with Crippen LogP contribution in [0.2, 0.25) is 0 Å². The highest BCUT2D eigenvalue weighted by Crippen LogP contribution is 2.34. The predicted octanol–water partition coefficient (Wildman–Crippen LogP) is 2.87. The number of nitrogens with one attached hydrogen (secondary N) is 1. The molecular formula is C10H8F4N2. The van der Waals surface area contributed by atoms with E-state index >= 15 is 0 Å². The molecule has 0 spiro atoms. The van der Waals surface area contributed by atoms with Crippen LogP contribution >= 0.6 is 0 Å². The smallest absolute Gasteiger partial charge is 0.361 e. The Morgan fingerprint density at radius 2 is 1.94 bits per heavy atom. The number of alkyl halides is 3. The largest absolute Gasteiger partial charge is 0.407 e. The molecule has 16 heavy (non-hydrogen) atoms. The molecule has 6 heteroatoms. The van der Waals surface area contributed by atoms with Crippen molar-refractivity contribution in [2.45, 2.75) is 12.2 Å². The second-order valence-corrected chi connectivity index (χ2v) is 3.45. The van der Waals surface area contributed by atoms with Crippen molar-refractivity contribution in [3.05, 3.63) is 35.8 Å². The van der Waals surface area contributed by atoms with Gasteiger partial charge >= 0.3 is 6.18 Å². The lowest BCUT2D eigenvalue weighted by atomic mass is 10.1. The molecule has 1 aromatic carbocycles. The Bertz CT molecular complexity index is 515. The van der Waals surface area contributed by atoms with Crippen LogP contribution in [0.15, 0.2) is 24.4 Å². The molecule has 2 nitrogen and oxygen atoms in total. The van der Waals surface area contributed by atoms with Gasteiger partial charge in [0, 0.05) is 22.7 Å². The summed E-state index contributed by atoms with van der Waals surface area (Å²) in [4.78, 5) is 2.62.